The highest BCUT2D eigenvalue weighted by atomic mass is 16.5. The summed E-state index contributed by atoms with van der Waals surface area (Å²) in [6.07, 6.45) is 6.20. The molecule has 0 spiro atoms. The number of benzene rings is 1. The van der Waals surface area contributed by atoms with E-state index < -0.39 is 0 Å². The molecule has 1 atom stereocenters. The molecule has 1 aliphatic heterocycles. The zero-order chi connectivity index (χ0) is 13.2. The highest BCUT2D eigenvalue weighted by Crippen LogP contribution is 2.39. The lowest BCUT2D eigenvalue weighted by molar-refractivity contribution is -0.136. The van der Waals surface area contributed by atoms with Gasteiger partial charge in [0.2, 0.25) is 5.91 Å². The van der Waals surface area contributed by atoms with Gasteiger partial charge in [0.15, 0.2) is 0 Å². The number of amides is 1. The van der Waals surface area contributed by atoms with Gasteiger partial charge in [-0.2, -0.15) is 0 Å². The number of nitrogens with zero attached hydrogens (tertiary/aromatic N) is 1. The molecule has 3 heteroatoms. The molecule has 1 aromatic rings. The first-order valence-corrected chi connectivity index (χ1v) is 7.26. The first kappa shape index (κ1) is 12.5. The summed E-state index contributed by atoms with van der Waals surface area (Å²) in [6, 6.07) is 6.51. The van der Waals surface area contributed by atoms with Crippen LogP contribution in [0.5, 0.6) is 5.75 Å². The summed E-state index contributed by atoms with van der Waals surface area (Å²) in [7, 11) is 1.73. The molecular weight excluding hydrogens is 238 g/mol. The van der Waals surface area contributed by atoms with Gasteiger partial charge in [-0.05, 0) is 49.3 Å². The lowest BCUT2D eigenvalue weighted by Crippen LogP contribution is -2.39. The Bertz CT molecular complexity index is 484. The zero-order valence-corrected chi connectivity index (χ0v) is 11.5. The molecule has 1 amide bonds. The predicted molar refractivity (Wildman–Crippen MR) is 74.2 cm³/mol. The van der Waals surface area contributed by atoms with E-state index in [0.29, 0.717) is 5.91 Å². The van der Waals surface area contributed by atoms with Gasteiger partial charge in [0, 0.05) is 13.0 Å². The minimum absolute atomic E-state index is 0.270. The number of likely N-dealkylation sites (tertiary alicyclic amines) is 1. The second kappa shape index (κ2) is 5.24. The predicted octanol–water partition coefficient (Wildman–Crippen LogP) is 3.09. The largest absolute Gasteiger partial charge is 0.496 e. The van der Waals surface area contributed by atoms with Crippen LogP contribution in [0.4, 0.5) is 0 Å². The quantitative estimate of drug-likeness (QED) is 0.817. The van der Waals surface area contributed by atoms with Gasteiger partial charge in [-0.1, -0.05) is 12.1 Å². The van der Waals surface area contributed by atoms with Crippen molar-refractivity contribution < 1.29 is 9.53 Å². The molecule has 19 heavy (non-hydrogen) atoms. The second-order valence-electron chi connectivity index (χ2n) is 5.48. The van der Waals surface area contributed by atoms with Crippen molar-refractivity contribution in [2.75, 3.05) is 13.7 Å². The Morgan fingerprint density at radius 2 is 2.11 bits per heavy atom. The third kappa shape index (κ3) is 2.22. The van der Waals surface area contributed by atoms with Gasteiger partial charge < -0.3 is 9.64 Å². The Hall–Kier alpha value is -1.51. The Balaban J connectivity index is 1.96. The van der Waals surface area contributed by atoms with Crippen LogP contribution in [0.1, 0.15) is 49.3 Å². The summed E-state index contributed by atoms with van der Waals surface area (Å²) in [4.78, 5) is 14.3. The molecule has 1 aromatic carbocycles. The number of ether oxygens (including phenoxy) is 1. The topological polar surface area (TPSA) is 29.5 Å². The molecule has 1 aliphatic carbocycles. The number of rotatable bonds is 2. The molecule has 0 aromatic heterocycles. The highest BCUT2D eigenvalue weighted by Gasteiger charge is 2.31. The monoisotopic (exact) mass is 259 g/mol. The smallest absolute Gasteiger partial charge is 0.223 e. The van der Waals surface area contributed by atoms with E-state index in [1.165, 1.54) is 11.1 Å². The third-order valence-electron chi connectivity index (χ3n) is 4.39. The average molecular weight is 259 g/mol. The number of carbonyl (C=O) groups is 1. The molecule has 3 rings (SSSR count). The van der Waals surface area contributed by atoms with Gasteiger partial charge in [-0.15, -0.1) is 0 Å². The van der Waals surface area contributed by atoms with Crippen LogP contribution in [0.2, 0.25) is 0 Å². The standard InChI is InChI=1S/C16H21NO2/c1-19-15-9-5-6-12-13(15)7-4-8-14(12)17-11-3-2-10-16(17)18/h5-6,9,14H,2-4,7-8,10-11H2,1H3. The van der Waals surface area contributed by atoms with Crippen LogP contribution in [0, 0.1) is 0 Å². The van der Waals surface area contributed by atoms with Crippen LogP contribution >= 0.6 is 0 Å². The van der Waals surface area contributed by atoms with E-state index in [4.69, 9.17) is 4.74 Å². The van der Waals surface area contributed by atoms with Crippen molar-refractivity contribution in [2.24, 2.45) is 0 Å². The van der Waals surface area contributed by atoms with Crippen LogP contribution in [-0.4, -0.2) is 24.5 Å². The van der Waals surface area contributed by atoms with Gasteiger partial charge in [0.05, 0.1) is 13.2 Å². The van der Waals surface area contributed by atoms with Crippen molar-refractivity contribution in [3.8, 4) is 5.75 Å². The van der Waals surface area contributed by atoms with Crippen molar-refractivity contribution in [1.29, 1.82) is 0 Å². The molecule has 0 saturated carbocycles. The van der Waals surface area contributed by atoms with Crippen LogP contribution < -0.4 is 4.74 Å². The third-order valence-corrected chi connectivity index (χ3v) is 4.39. The van der Waals surface area contributed by atoms with Crippen molar-refractivity contribution in [3.05, 3.63) is 29.3 Å². The highest BCUT2D eigenvalue weighted by molar-refractivity contribution is 5.77. The van der Waals surface area contributed by atoms with Crippen molar-refractivity contribution >= 4 is 5.91 Å². The Morgan fingerprint density at radius 1 is 1.21 bits per heavy atom. The molecule has 102 valence electrons. The maximum Gasteiger partial charge on any atom is 0.223 e. The summed E-state index contributed by atoms with van der Waals surface area (Å²) in [6.45, 7) is 0.917. The molecule has 1 fully saturated rings. The molecule has 3 nitrogen and oxygen atoms in total. The maximum atomic E-state index is 12.2. The molecule has 1 heterocycles. The first-order chi connectivity index (χ1) is 9.31. The lowest BCUT2D eigenvalue weighted by Gasteiger charge is -2.38. The maximum absolute atomic E-state index is 12.2. The summed E-state index contributed by atoms with van der Waals surface area (Å²) in [5, 5.41) is 0. The van der Waals surface area contributed by atoms with Crippen molar-refractivity contribution in [3.63, 3.8) is 0 Å². The Morgan fingerprint density at radius 3 is 2.89 bits per heavy atom. The van der Waals surface area contributed by atoms with Crippen LogP contribution in [-0.2, 0) is 11.2 Å². The van der Waals surface area contributed by atoms with E-state index in [-0.39, 0.29) is 6.04 Å². The molecule has 0 N–H and O–H groups in total. The van der Waals surface area contributed by atoms with E-state index in [0.717, 1.165) is 50.8 Å². The Kier molecular flexibility index (Phi) is 3.45. The minimum Gasteiger partial charge on any atom is -0.496 e. The Labute approximate surface area is 114 Å². The molecule has 1 saturated heterocycles. The number of hydrogen-bond acceptors (Lipinski definition) is 2. The van der Waals surface area contributed by atoms with E-state index in [1.54, 1.807) is 7.11 Å². The minimum atomic E-state index is 0.270. The fraction of sp³-hybridized carbons (Fsp3) is 0.562. The second-order valence-corrected chi connectivity index (χ2v) is 5.48. The van der Waals surface area contributed by atoms with Gasteiger partial charge in [0.1, 0.15) is 5.75 Å². The normalized spacial score (nSPS) is 23.1. The molecular formula is C16H21NO2. The van der Waals surface area contributed by atoms with E-state index in [9.17, 15) is 4.79 Å². The van der Waals surface area contributed by atoms with Crippen LogP contribution in [0.3, 0.4) is 0 Å². The van der Waals surface area contributed by atoms with Gasteiger partial charge in [-0.25, -0.2) is 0 Å². The zero-order valence-electron chi connectivity index (χ0n) is 11.5. The van der Waals surface area contributed by atoms with E-state index in [1.807, 2.05) is 12.1 Å². The summed E-state index contributed by atoms with van der Waals surface area (Å²) >= 11 is 0. The fourth-order valence-corrected chi connectivity index (χ4v) is 3.46. The number of hydrogen-bond donors (Lipinski definition) is 0. The number of methoxy groups -OCH3 is 1. The van der Waals surface area contributed by atoms with Crippen molar-refractivity contribution in [1.82, 2.24) is 4.90 Å². The molecule has 2 aliphatic rings. The summed E-state index contributed by atoms with van der Waals surface area (Å²) in [5.41, 5.74) is 2.61. The molecule has 0 radical (unpaired) electrons. The van der Waals surface area contributed by atoms with E-state index >= 15 is 0 Å². The van der Waals surface area contributed by atoms with Crippen molar-refractivity contribution in [2.45, 2.75) is 44.6 Å². The van der Waals surface area contributed by atoms with Gasteiger partial charge in [-0.3, -0.25) is 4.79 Å². The summed E-state index contributed by atoms with van der Waals surface area (Å²) in [5.74, 6) is 1.30. The number of piperidine rings is 1. The SMILES string of the molecule is COc1cccc2c1CCCC2N1CCCCC1=O. The van der Waals surface area contributed by atoms with Gasteiger partial charge in [0.25, 0.3) is 0 Å². The number of carbonyl (C=O) groups excluding carboxylic acids is 1. The average Bonchev–Trinajstić information content (AvgIpc) is 2.46. The first-order valence-electron chi connectivity index (χ1n) is 7.26. The van der Waals surface area contributed by atoms with Gasteiger partial charge >= 0.3 is 0 Å². The lowest BCUT2D eigenvalue weighted by atomic mass is 9.85. The summed E-state index contributed by atoms with van der Waals surface area (Å²) < 4.78 is 5.47. The number of fused-ring (bicyclic) bond motifs is 1. The van der Waals surface area contributed by atoms with E-state index in [2.05, 4.69) is 11.0 Å². The van der Waals surface area contributed by atoms with Crippen LogP contribution in [0.15, 0.2) is 18.2 Å². The van der Waals surface area contributed by atoms with Crippen LogP contribution in [0.25, 0.3) is 0 Å². The fourth-order valence-electron chi connectivity index (χ4n) is 3.46. The molecule has 0 bridgehead atoms. The molecule has 1 unspecified atom stereocenters.